The van der Waals surface area contributed by atoms with Crippen LogP contribution in [0.2, 0.25) is 0 Å². The van der Waals surface area contributed by atoms with Crippen molar-refractivity contribution < 1.29 is 9.53 Å². The Morgan fingerprint density at radius 3 is 2.53 bits per heavy atom. The molecular weight excluding hydrogens is 238 g/mol. The third-order valence-corrected chi connectivity index (χ3v) is 3.71. The Balaban J connectivity index is 1.86. The highest BCUT2D eigenvalue weighted by atomic mass is 16.5. The van der Waals surface area contributed by atoms with Crippen molar-refractivity contribution in [3.8, 4) is 0 Å². The summed E-state index contributed by atoms with van der Waals surface area (Å²) >= 11 is 0. The van der Waals surface area contributed by atoms with E-state index in [4.69, 9.17) is 4.74 Å². The lowest BCUT2D eigenvalue weighted by molar-refractivity contribution is -0.152. The summed E-state index contributed by atoms with van der Waals surface area (Å²) in [7, 11) is 0. The maximum absolute atomic E-state index is 12.2. The molecule has 0 N–H and O–H groups in total. The number of benzene rings is 1. The number of carbonyl (C=O) groups is 1. The van der Waals surface area contributed by atoms with Gasteiger partial charge in [-0.3, -0.25) is 9.69 Å². The van der Waals surface area contributed by atoms with Crippen LogP contribution < -0.4 is 0 Å². The smallest absolute Gasteiger partial charge is 0.323 e. The van der Waals surface area contributed by atoms with Crippen LogP contribution in [-0.4, -0.2) is 30.0 Å². The zero-order chi connectivity index (χ0) is 13.5. The molecule has 1 unspecified atom stereocenters. The lowest BCUT2D eigenvalue weighted by atomic mass is 10.1. The standard InChI is InChI=1S/C16H23NO2/c1-2-15(17-11-7-4-8-12-17)16(18)19-13-14-9-5-3-6-10-14/h3,5-6,9-10,15H,2,4,7-8,11-13H2,1H3. The predicted octanol–water partition coefficient (Wildman–Crippen LogP) is 2.99. The van der Waals surface area contributed by atoms with Gasteiger partial charge in [-0.1, -0.05) is 43.7 Å². The number of hydrogen-bond donors (Lipinski definition) is 0. The van der Waals surface area contributed by atoms with E-state index in [1.54, 1.807) is 0 Å². The van der Waals surface area contributed by atoms with Gasteiger partial charge in [0.05, 0.1) is 0 Å². The zero-order valence-electron chi connectivity index (χ0n) is 11.7. The third-order valence-electron chi connectivity index (χ3n) is 3.71. The van der Waals surface area contributed by atoms with Crippen LogP contribution in [0.1, 0.15) is 38.2 Å². The molecule has 1 saturated heterocycles. The molecule has 1 aliphatic heterocycles. The van der Waals surface area contributed by atoms with E-state index in [0.717, 1.165) is 25.1 Å². The Morgan fingerprint density at radius 2 is 1.89 bits per heavy atom. The first-order valence-corrected chi connectivity index (χ1v) is 7.26. The van der Waals surface area contributed by atoms with E-state index in [2.05, 4.69) is 11.8 Å². The molecule has 3 nitrogen and oxygen atoms in total. The van der Waals surface area contributed by atoms with Crippen molar-refractivity contribution in [3.05, 3.63) is 35.9 Å². The van der Waals surface area contributed by atoms with Crippen LogP contribution in [0, 0.1) is 0 Å². The second-order valence-electron chi connectivity index (χ2n) is 5.11. The summed E-state index contributed by atoms with van der Waals surface area (Å²) in [5, 5.41) is 0. The number of nitrogens with zero attached hydrogens (tertiary/aromatic N) is 1. The first kappa shape index (κ1) is 14.1. The molecule has 1 aliphatic rings. The lowest BCUT2D eigenvalue weighted by Gasteiger charge is -2.32. The molecule has 0 spiro atoms. The SMILES string of the molecule is CCC(C(=O)OCc1ccccc1)N1CCCCC1. The van der Waals surface area contributed by atoms with Crippen LogP contribution in [0.5, 0.6) is 0 Å². The van der Waals surface area contributed by atoms with Gasteiger partial charge >= 0.3 is 5.97 Å². The van der Waals surface area contributed by atoms with Crippen molar-refractivity contribution in [1.29, 1.82) is 0 Å². The van der Waals surface area contributed by atoms with Crippen molar-refractivity contribution in [2.75, 3.05) is 13.1 Å². The van der Waals surface area contributed by atoms with Crippen LogP contribution in [0.4, 0.5) is 0 Å². The fraction of sp³-hybridized carbons (Fsp3) is 0.562. The third kappa shape index (κ3) is 4.06. The number of ether oxygens (including phenoxy) is 1. The molecule has 3 heteroatoms. The van der Waals surface area contributed by atoms with Crippen molar-refractivity contribution in [2.24, 2.45) is 0 Å². The molecule has 0 radical (unpaired) electrons. The molecular formula is C16H23NO2. The summed E-state index contributed by atoms with van der Waals surface area (Å²) in [6.45, 7) is 4.49. The highest BCUT2D eigenvalue weighted by Crippen LogP contribution is 2.16. The number of hydrogen-bond acceptors (Lipinski definition) is 3. The molecule has 1 fully saturated rings. The summed E-state index contributed by atoms with van der Waals surface area (Å²) in [5.41, 5.74) is 1.05. The van der Waals surface area contributed by atoms with Gasteiger partial charge in [0.25, 0.3) is 0 Å². The van der Waals surface area contributed by atoms with E-state index in [1.165, 1.54) is 19.3 Å². The van der Waals surface area contributed by atoms with Crippen molar-refractivity contribution in [1.82, 2.24) is 4.90 Å². The maximum Gasteiger partial charge on any atom is 0.323 e. The maximum atomic E-state index is 12.2. The number of carbonyl (C=O) groups excluding carboxylic acids is 1. The minimum atomic E-state index is -0.0757. The first-order chi connectivity index (χ1) is 9.31. The van der Waals surface area contributed by atoms with Crippen LogP contribution in [0.25, 0.3) is 0 Å². The van der Waals surface area contributed by atoms with Crippen molar-refractivity contribution >= 4 is 5.97 Å². The number of esters is 1. The molecule has 1 heterocycles. The minimum absolute atomic E-state index is 0.0657. The van der Waals surface area contributed by atoms with Crippen LogP contribution >= 0.6 is 0 Å². The summed E-state index contributed by atoms with van der Waals surface area (Å²) in [6.07, 6.45) is 4.50. The van der Waals surface area contributed by atoms with Gasteiger partial charge < -0.3 is 4.74 Å². The van der Waals surface area contributed by atoms with E-state index in [-0.39, 0.29) is 12.0 Å². The molecule has 1 atom stereocenters. The number of piperidine rings is 1. The summed E-state index contributed by atoms with van der Waals surface area (Å²) in [6, 6.07) is 9.79. The molecule has 2 rings (SSSR count). The van der Waals surface area contributed by atoms with E-state index < -0.39 is 0 Å². The number of rotatable bonds is 5. The second kappa shape index (κ2) is 7.29. The normalized spacial score (nSPS) is 17.9. The predicted molar refractivity (Wildman–Crippen MR) is 75.7 cm³/mol. The molecule has 0 bridgehead atoms. The molecule has 0 aliphatic carbocycles. The number of likely N-dealkylation sites (tertiary alicyclic amines) is 1. The quantitative estimate of drug-likeness (QED) is 0.763. The molecule has 1 aromatic rings. The molecule has 0 aromatic heterocycles. The summed E-state index contributed by atoms with van der Waals surface area (Å²) in [5.74, 6) is -0.0757. The fourth-order valence-corrected chi connectivity index (χ4v) is 2.63. The van der Waals surface area contributed by atoms with E-state index >= 15 is 0 Å². The largest absolute Gasteiger partial charge is 0.460 e. The van der Waals surface area contributed by atoms with E-state index in [0.29, 0.717) is 6.61 Å². The lowest BCUT2D eigenvalue weighted by Crippen LogP contribution is -2.44. The van der Waals surface area contributed by atoms with Gasteiger partial charge in [0.2, 0.25) is 0 Å². The van der Waals surface area contributed by atoms with Crippen LogP contribution in [0.3, 0.4) is 0 Å². The van der Waals surface area contributed by atoms with Gasteiger partial charge in [-0.2, -0.15) is 0 Å². The van der Waals surface area contributed by atoms with E-state index in [9.17, 15) is 4.79 Å². The Morgan fingerprint density at radius 1 is 1.21 bits per heavy atom. The van der Waals surface area contributed by atoms with Crippen molar-refractivity contribution in [2.45, 2.75) is 45.3 Å². The molecule has 104 valence electrons. The topological polar surface area (TPSA) is 29.5 Å². The summed E-state index contributed by atoms with van der Waals surface area (Å²) < 4.78 is 5.45. The van der Waals surface area contributed by atoms with Crippen LogP contribution in [-0.2, 0) is 16.1 Å². The molecule has 0 saturated carbocycles. The second-order valence-corrected chi connectivity index (χ2v) is 5.11. The molecule has 1 aromatic carbocycles. The average molecular weight is 261 g/mol. The monoisotopic (exact) mass is 261 g/mol. The van der Waals surface area contributed by atoms with Crippen molar-refractivity contribution in [3.63, 3.8) is 0 Å². The fourth-order valence-electron chi connectivity index (χ4n) is 2.63. The first-order valence-electron chi connectivity index (χ1n) is 7.26. The van der Waals surface area contributed by atoms with Gasteiger partial charge in [0.1, 0.15) is 12.6 Å². The van der Waals surface area contributed by atoms with E-state index in [1.807, 2.05) is 30.3 Å². The van der Waals surface area contributed by atoms with Gasteiger partial charge in [0.15, 0.2) is 0 Å². The van der Waals surface area contributed by atoms with Crippen LogP contribution in [0.15, 0.2) is 30.3 Å². The average Bonchev–Trinajstić information content (AvgIpc) is 2.48. The van der Waals surface area contributed by atoms with Gasteiger partial charge in [-0.25, -0.2) is 0 Å². The highest BCUT2D eigenvalue weighted by Gasteiger charge is 2.26. The van der Waals surface area contributed by atoms with Gasteiger partial charge in [-0.15, -0.1) is 0 Å². The Kier molecular flexibility index (Phi) is 5.40. The van der Waals surface area contributed by atoms with Gasteiger partial charge in [0, 0.05) is 0 Å². The molecule has 19 heavy (non-hydrogen) atoms. The Labute approximate surface area is 115 Å². The Hall–Kier alpha value is -1.35. The zero-order valence-corrected chi connectivity index (χ0v) is 11.7. The summed E-state index contributed by atoms with van der Waals surface area (Å²) in [4.78, 5) is 14.5. The highest BCUT2D eigenvalue weighted by molar-refractivity contribution is 5.75. The Bertz CT molecular complexity index is 385. The molecule has 0 amide bonds. The van der Waals surface area contributed by atoms with Gasteiger partial charge in [-0.05, 0) is 37.9 Å². The minimum Gasteiger partial charge on any atom is -0.460 e.